The lowest BCUT2D eigenvalue weighted by Gasteiger charge is -2.19. The molecule has 2 atom stereocenters. The molecule has 0 aliphatic carbocycles. The van der Waals surface area contributed by atoms with E-state index >= 15 is 0 Å². The van der Waals surface area contributed by atoms with E-state index in [1.165, 1.54) is 0 Å². The van der Waals surface area contributed by atoms with Crippen LogP contribution < -0.4 is 16.0 Å². The molecule has 104 valence electrons. The predicted molar refractivity (Wildman–Crippen MR) is 74.0 cm³/mol. The van der Waals surface area contributed by atoms with Crippen molar-refractivity contribution in [3.8, 4) is 0 Å². The topological polar surface area (TPSA) is 76.3 Å². The third-order valence-electron chi connectivity index (χ3n) is 3.93. The third-order valence-corrected chi connectivity index (χ3v) is 3.93. The molecule has 6 nitrogen and oxygen atoms in total. The van der Waals surface area contributed by atoms with Crippen LogP contribution >= 0.6 is 0 Å². The van der Waals surface area contributed by atoms with Gasteiger partial charge in [0.05, 0.1) is 11.8 Å². The van der Waals surface area contributed by atoms with Crippen LogP contribution in [0.25, 0.3) is 0 Å². The van der Waals surface area contributed by atoms with E-state index in [-0.39, 0.29) is 6.10 Å². The first kappa shape index (κ1) is 12.6. The third kappa shape index (κ3) is 2.64. The quantitative estimate of drug-likeness (QED) is 0.836. The molecule has 2 aliphatic rings. The Hall–Kier alpha value is -1.40. The summed E-state index contributed by atoms with van der Waals surface area (Å²) in [6.07, 6.45) is 3.34. The van der Waals surface area contributed by atoms with Gasteiger partial charge in [0.15, 0.2) is 0 Å². The van der Waals surface area contributed by atoms with E-state index in [2.05, 4.69) is 20.2 Å². The fraction of sp³-hybridized carbons (Fsp3) is 0.692. The van der Waals surface area contributed by atoms with Crippen LogP contribution in [0.5, 0.6) is 0 Å². The van der Waals surface area contributed by atoms with Crippen LogP contribution in [0.15, 0.2) is 6.07 Å². The molecule has 0 spiro atoms. The number of hydrogen-bond acceptors (Lipinski definition) is 6. The maximum absolute atomic E-state index is 5.84. The zero-order valence-corrected chi connectivity index (χ0v) is 11.3. The molecule has 2 saturated heterocycles. The van der Waals surface area contributed by atoms with Crippen LogP contribution in [0, 0.1) is 0 Å². The van der Waals surface area contributed by atoms with Gasteiger partial charge in [-0.15, -0.1) is 0 Å². The molecule has 3 rings (SSSR count). The summed E-state index contributed by atoms with van der Waals surface area (Å²) in [6, 6.07) is 2.56. The lowest BCUT2D eigenvalue weighted by Crippen LogP contribution is -2.30. The minimum Gasteiger partial charge on any atom is -0.372 e. The maximum Gasteiger partial charge on any atom is 0.222 e. The van der Waals surface area contributed by atoms with Gasteiger partial charge in [0.25, 0.3) is 0 Å². The molecule has 1 aromatic heterocycles. The zero-order chi connectivity index (χ0) is 13.2. The largest absolute Gasteiger partial charge is 0.372 e. The summed E-state index contributed by atoms with van der Waals surface area (Å²) in [6.45, 7) is 2.79. The van der Waals surface area contributed by atoms with Crippen molar-refractivity contribution in [2.45, 2.75) is 31.4 Å². The van der Waals surface area contributed by atoms with E-state index in [1.807, 2.05) is 13.1 Å². The summed E-state index contributed by atoms with van der Waals surface area (Å²) in [4.78, 5) is 11.0. The van der Waals surface area contributed by atoms with Crippen molar-refractivity contribution < 1.29 is 4.74 Å². The van der Waals surface area contributed by atoms with E-state index in [4.69, 9.17) is 10.5 Å². The van der Waals surface area contributed by atoms with Gasteiger partial charge in [-0.3, -0.25) is 0 Å². The van der Waals surface area contributed by atoms with Gasteiger partial charge in [-0.2, -0.15) is 4.98 Å². The van der Waals surface area contributed by atoms with E-state index in [9.17, 15) is 0 Å². The van der Waals surface area contributed by atoms with Crippen molar-refractivity contribution in [3.63, 3.8) is 0 Å². The average Bonchev–Trinajstić information content (AvgIpc) is 3.09. The predicted octanol–water partition coefficient (Wildman–Crippen LogP) is 0.708. The number of nitrogen functional groups attached to an aromatic ring is 1. The van der Waals surface area contributed by atoms with Crippen LogP contribution in [0.2, 0.25) is 0 Å². The molecule has 3 heterocycles. The monoisotopic (exact) mass is 263 g/mol. The highest BCUT2D eigenvalue weighted by Crippen LogP contribution is 2.30. The molecule has 19 heavy (non-hydrogen) atoms. The summed E-state index contributed by atoms with van der Waals surface area (Å²) >= 11 is 0. The van der Waals surface area contributed by atoms with E-state index in [1.54, 1.807) is 0 Å². The molecule has 2 aliphatic heterocycles. The highest BCUT2D eigenvalue weighted by atomic mass is 16.5. The number of aromatic nitrogens is 2. The normalized spacial score (nSPS) is 27.1. The van der Waals surface area contributed by atoms with E-state index < -0.39 is 0 Å². The molecular weight excluding hydrogens is 242 g/mol. The first-order chi connectivity index (χ1) is 9.26. The van der Waals surface area contributed by atoms with Crippen molar-refractivity contribution in [3.05, 3.63) is 11.8 Å². The van der Waals surface area contributed by atoms with Crippen LogP contribution in [0.3, 0.4) is 0 Å². The SMILES string of the molecule is CNC1CCN(c2cc(C3CCCO3)nc(N)n2)C1. The Morgan fingerprint density at radius 3 is 3.00 bits per heavy atom. The molecular formula is C13H21N5O. The van der Waals surface area contributed by atoms with Crippen molar-refractivity contribution in [1.29, 1.82) is 0 Å². The molecule has 0 radical (unpaired) electrons. The Morgan fingerprint density at radius 2 is 2.32 bits per heavy atom. The molecule has 0 aromatic carbocycles. The number of nitrogens with two attached hydrogens (primary N) is 1. The molecule has 0 amide bonds. The lowest BCUT2D eigenvalue weighted by atomic mass is 10.2. The van der Waals surface area contributed by atoms with Crippen LogP contribution in [-0.2, 0) is 4.74 Å². The first-order valence-corrected chi connectivity index (χ1v) is 6.94. The minimum absolute atomic E-state index is 0.0896. The van der Waals surface area contributed by atoms with Gasteiger partial charge in [0.1, 0.15) is 5.82 Å². The van der Waals surface area contributed by atoms with Gasteiger partial charge in [0, 0.05) is 31.8 Å². The van der Waals surface area contributed by atoms with Crippen molar-refractivity contribution in [2.75, 3.05) is 37.4 Å². The Kier molecular flexibility index (Phi) is 3.52. The standard InChI is InChI=1S/C13H21N5O/c1-15-9-4-5-18(8-9)12-7-10(16-13(14)17-12)11-3-2-6-19-11/h7,9,11,15H,2-6,8H2,1H3,(H2,14,16,17). The Labute approximate surface area is 113 Å². The van der Waals surface area contributed by atoms with Crippen LogP contribution in [0.4, 0.5) is 11.8 Å². The highest BCUT2D eigenvalue weighted by molar-refractivity contribution is 5.45. The number of nitrogens with zero attached hydrogens (tertiary/aromatic N) is 3. The molecule has 2 fully saturated rings. The number of likely N-dealkylation sites (N-methyl/N-ethyl adjacent to an activating group) is 1. The molecule has 0 saturated carbocycles. The summed E-state index contributed by atoms with van der Waals surface area (Å²) in [5.41, 5.74) is 6.77. The number of hydrogen-bond donors (Lipinski definition) is 2. The second kappa shape index (κ2) is 5.30. The Morgan fingerprint density at radius 1 is 1.42 bits per heavy atom. The summed E-state index contributed by atoms with van der Waals surface area (Å²) in [5.74, 6) is 1.27. The van der Waals surface area contributed by atoms with Crippen molar-refractivity contribution in [1.82, 2.24) is 15.3 Å². The minimum atomic E-state index is 0.0896. The molecule has 0 bridgehead atoms. The second-order valence-corrected chi connectivity index (χ2v) is 5.23. The van der Waals surface area contributed by atoms with E-state index in [0.717, 1.165) is 50.5 Å². The van der Waals surface area contributed by atoms with Gasteiger partial charge in [-0.05, 0) is 26.3 Å². The van der Waals surface area contributed by atoms with Gasteiger partial charge >= 0.3 is 0 Å². The first-order valence-electron chi connectivity index (χ1n) is 6.94. The zero-order valence-electron chi connectivity index (χ0n) is 11.3. The van der Waals surface area contributed by atoms with Crippen molar-refractivity contribution >= 4 is 11.8 Å². The number of nitrogens with one attached hydrogen (secondary N) is 1. The molecule has 2 unspecified atom stereocenters. The van der Waals surface area contributed by atoms with Crippen molar-refractivity contribution in [2.24, 2.45) is 0 Å². The molecule has 1 aromatic rings. The Bertz CT molecular complexity index is 447. The summed E-state index contributed by atoms with van der Waals surface area (Å²) in [7, 11) is 2.00. The van der Waals surface area contributed by atoms with Crippen LogP contribution in [-0.4, -0.2) is 42.8 Å². The Balaban J connectivity index is 1.81. The summed E-state index contributed by atoms with van der Waals surface area (Å²) < 4.78 is 5.68. The summed E-state index contributed by atoms with van der Waals surface area (Å²) in [5, 5.41) is 3.31. The van der Waals surface area contributed by atoms with Gasteiger partial charge in [0.2, 0.25) is 5.95 Å². The number of anilines is 2. The van der Waals surface area contributed by atoms with E-state index in [0.29, 0.717) is 12.0 Å². The second-order valence-electron chi connectivity index (χ2n) is 5.23. The number of ether oxygens (including phenoxy) is 1. The van der Waals surface area contributed by atoms with Crippen LogP contribution in [0.1, 0.15) is 31.1 Å². The fourth-order valence-electron chi connectivity index (χ4n) is 2.81. The molecule has 3 N–H and O–H groups in total. The van der Waals surface area contributed by atoms with Gasteiger partial charge in [-0.1, -0.05) is 0 Å². The number of rotatable bonds is 3. The maximum atomic E-state index is 5.84. The lowest BCUT2D eigenvalue weighted by molar-refractivity contribution is 0.108. The molecule has 6 heteroatoms. The van der Waals surface area contributed by atoms with Gasteiger partial charge < -0.3 is 20.7 Å². The fourth-order valence-corrected chi connectivity index (χ4v) is 2.81. The smallest absolute Gasteiger partial charge is 0.222 e. The highest BCUT2D eigenvalue weighted by Gasteiger charge is 2.25. The van der Waals surface area contributed by atoms with Gasteiger partial charge in [-0.25, -0.2) is 4.98 Å². The average molecular weight is 263 g/mol.